The second-order valence-electron chi connectivity index (χ2n) is 6.92. The molecule has 3 unspecified atom stereocenters. The molecule has 6 N–H and O–H groups in total. The first-order valence-electron chi connectivity index (χ1n) is 8.73. The van der Waals surface area contributed by atoms with Gasteiger partial charge in [0.25, 0.3) is 0 Å². The third-order valence-electron chi connectivity index (χ3n) is 5.00. The first-order chi connectivity index (χ1) is 12.5. The fourth-order valence-corrected chi connectivity index (χ4v) is 3.59. The van der Waals surface area contributed by atoms with Crippen LogP contribution in [0, 0.1) is 12.7 Å². The van der Waals surface area contributed by atoms with Crippen molar-refractivity contribution < 1.29 is 9.18 Å². The second-order valence-corrected chi connectivity index (χ2v) is 6.92. The van der Waals surface area contributed by atoms with Crippen LogP contribution in [0.1, 0.15) is 29.2 Å². The van der Waals surface area contributed by atoms with Crippen molar-refractivity contribution in [2.45, 2.75) is 38.0 Å². The molecule has 26 heavy (non-hydrogen) atoms. The number of benzene rings is 2. The Balaban J connectivity index is 1.46. The van der Waals surface area contributed by atoms with E-state index in [1.165, 1.54) is 6.07 Å². The topological polar surface area (TPSA) is 91.2 Å². The van der Waals surface area contributed by atoms with E-state index in [0.717, 1.165) is 23.2 Å². The van der Waals surface area contributed by atoms with Gasteiger partial charge in [0.05, 0.1) is 6.17 Å². The number of hydrazine groups is 1. The van der Waals surface area contributed by atoms with Crippen molar-refractivity contribution in [2.75, 3.05) is 10.6 Å². The molecule has 0 saturated carbocycles. The molecule has 2 aliphatic rings. The Morgan fingerprint density at radius 2 is 2.12 bits per heavy atom. The summed E-state index contributed by atoms with van der Waals surface area (Å²) in [5.74, 6) is -0.446. The number of rotatable bonds is 3. The number of hydrogen-bond donors (Lipinski definition) is 5. The third kappa shape index (κ3) is 3.16. The molecule has 1 saturated heterocycles. The second kappa shape index (κ2) is 6.68. The van der Waals surface area contributed by atoms with Crippen LogP contribution < -0.4 is 27.2 Å². The quantitative estimate of drug-likeness (QED) is 0.580. The van der Waals surface area contributed by atoms with E-state index in [1.54, 1.807) is 6.07 Å². The highest BCUT2D eigenvalue weighted by Gasteiger charge is 2.30. The zero-order chi connectivity index (χ0) is 18.3. The van der Waals surface area contributed by atoms with Gasteiger partial charge in [-0.2, -0.15) is 0 Å². The molecule has 2 aliphatic heterocycles. The Labute approximate surface area is 151 Å². The minimum absolute atomic E-state index is 0.0856. The number of halogens is 1. The molecule has 2 aromatic carbocycles. The number of hydrogen-bond acceptors (Lipinski definition) is 5. The average molecular weight is 355 g/mol. The Kier molecular flexibility index (Phi) is 4.36. The largest absolute Gasteiger partial charge is 0.373 e. The Hall–Kier alpha value is -2.48. The number of nitrogens with two attached hydrogens (primary N) is 1. The summed E-state index contributed by atoms with van der Waals surface area (Å²) in [4.78, 5) is 12.6. The van der Waals surface area contributed by atoms with Gasteiger partial charge >= 0.3 is 0 Å². The fraction of sp³-hybridized carbons (Fsp3) is 0.316. The Morgan fingerprint density at radius 3 is 2.85 bits per heavy atom. The van der Waals surface area contributed by atoms with E-state index in [1.807, 2.05) is 31.2 Å². The number of nitrogens with one attached hydrogen (secondary N) is 4. The zero-order valence-electron chi connectivity index (χ0n) is 14.5. The summed E-state index contributed by atoms with van der Waals surface area (Å²) in [6.45, 7) is 1.91. The van der Waals surface area contributed by atoms with Gasteiger partial charge in [0.15, 0.2) is 0 Å². The molecule has 3 atom stereocenters. The Morgan fingerprint density at radius 1 is 1.27 bits per heavy atom. The number of fused-ring (bicyclic) bond motifs is 1. The lowest BCUT2D eigenvalue weighted by molar-refractivity contribution is -0.116. The molecule has 0 radical (unpaired) electrons. The van der Waals surface area contributed by atoms with Crippen molar-refractivity contribution in [1.82, 2.24) is 10.9 Å². The lowest BCUT2D eigenvalue weighted by atomic mass is 10.0. The van der Waals surface area contributed by atoms with Gasteiger partial charge < -0.3 is 16.4 Å². The molecular weight excluding hydrogens is 333 g/mol. The van der Waals surface area contributed by atoms with Gasteiger partial charge in [-0.3, -0.25) is 4.79 Å². The van der Waals surface area contributed by atoms with Gasteiger partial charge in [-0.05, 0) is 42.7 Å². The van der Waals surface area contributed by atoms with Crippen LogP contribution in [-0.2, 0) is 11.2 Å². The molecule has 4 rings (SSSR count). The van der Waals surface area contributed by atoms with Gasteiger partial charge in [-0.25, -0.2) is 15.2 Å². The maximum Gasteiger partial charge on any atom is 0.247 e. The summed E-state index contributed by atoms with van der Waals surface area (Å²) < 4.78 is 14.0. The summed E-state index contributed by atoms with van der Waals surface area (Å²) in [6, 6.07) is 10.5. The zero-order valence-corrected chi connectivity index (χ0v) is 14.5. The highest BCUT2D eigenvalue weighted by atomic mass is 19.1. The van der Waals surface area contributed by atoms with E-state index in [2.05, 4.69) is 21.5 Å². The van der Waals surface area contributed by atoms with E-state index >= 15 is 0 Å². The molecule has 1 amide bonds. The molecule has 136 valence electrons. The third-order valence-corrected chi connectivity index (χ3v) is 5.00. The summed E-state index contributed by atoms with van der Waals surface area (Å²) in [7, 11) is 0. The summed E-state index contributed by atoms with van der Waals surface area (Å²) in [5, 5.41) is 6.08. The number of carbonyl (C=O) groups is 1. The van der Waals surface area contributed by atoms with E-state index in [4.69, 9.17) is 5.73 Å². The van der Waals surface area contributed by atoms with E-state index < -0.39 is 6.04 Å². The molecule has 1 fully saturated rings. The molecule has 0 bridgehead atoms. The smallest absolute Gasteiger partial charge is 0.247 e. The lowest BCUT2D eigenvalue weighted by Crippen LogP contribution is -2.36. The minimum Gasteiger partial charge on any atom is -0.373 e. The van der Waals surface area contributed by atoms with Crippen molar-refractivity contribution in [2.24, 2.45) is 5.73 Å². The number of carbonyl (C=O) groups excluding carboxylic acids is 1. The van der Waals surface area contributed by atoms with Crippen molar-refractivity contribution in [1.29, 1.82) is 0 Å². The predicted octanol–water partition coefficient (Wildman–Crippen LogP) is 1.93. The Bertz CT molecular complexity index is 825. The van der Waals surface area contributed by atoms with Crippen LogP contribution >= 0.6 is 0 Å². The molecule has 0 aliphatic carbocycles. The first-order valence-corrected chi connectivity index (χ1v) is 8.73. The molecule has 2 aromatic rings. The normalized spacial score (nSPS) is 24.2. The summed E-state index contributed by atoms with van der Waals surface area (Å²) in [5.41, 5.74) is 16.0. The average Bonchev–Trinajstić information content (AvgIpc) is 3.26. The standard InChI is InChI=1S/C19H22FN5O/c1-10-5-6-14(20)13-8-16(23-18(10)13)19(26)22-12-4-2-3-11(7-12)15-9-17(21)25-24-15/h2-7,15-17,23-25H,8-9,21H2,1H3,(H,22,26). The highest BCUT2D eigenvalue weighted by molar-refractivity contribution is 5.98. The van der Waals surface area contributed by atoms with Gasteiger partial charge in [0.2, 0.25) is 5.91 Å². The van der Waals surface area contributed by atoms with E-state index in [0.29, 0.717) is 17.7 Å². The highest BCUT2D eigenvalue weighted by Crippen LogP contribution is 2.32. The SMILES string of the molecule is Cc1ccc(F)c2c1NC(C(=O)Nc1cccc(C3CC(N)NN3)c1)C2. The van der Waals surface area contributed by atoms with Gasteiger partial charge in [0, 0.05) is 29.4 Å². The van der Waals surface area contributed by atoms with Crippen LogP contribution in [0.5, 0.6) is 0 Å². The van der Waals surface area contributed by atoms with Gasteiger partial charge in [-0.15, -0.1) is 0 Å². The van der Waals surface area contributed by atoms with E-state index in [9.17, 15) is 9.18 Å². The maximum absolute atomic E-state index is 14.0. The van der Waals surface area contributed by atoms with Crippen LogP contribution in [-0.4, -0.2) is 18.1 Å². The summed E-state index contributed by atoms with van der Waals surface area (Å²) in [6.07, 6.45) is 1.03. The van der Waals surface area contributed by atoms with E-state index in [-0.39, 0.29) is 23.9 Å². The molecular formula is C19H22FN5O. The van der Waals surface area contributed by atoms with Crippen molar-refractivity contribution in [3.05, 3.63) is 58.9 Å². The van der Waals surface area contributed by atoms with Crippen LogP contribution in [0.15, 0.2) is 36.4 Å². The van der Waals surface area contributed by atoms with Gasteiger partial charge in [0.1, 0.15) is 11.9 Å². The number of aryl methyl sites for hydroxylation is 1. The molecule has 7 heteroatoms. The van der Waals surface area contributed by atoms with Crippen LogP contribution in [0.3, 0.4) is 0 Å². The van der Waals surface area contributed by atoms with Crippen LogP contribution in [0.4, 0.5) is 15.8 Å². The fourth-order valence-electron chi connectivity index (χ4n) is 3.59. The predicted molar refractivity (Wildman–Crippen MR) is 98.9 cm³/mol. The van der Waals surface area contributed by atoms with Crippen molar-refractivity contribution in [3.8, 4) is 0 Å². The minimum atomic E-state index is -0.482. The first kappa shape index (κ1) is 17.0. The molecule has 0 spiro atoms. The van der Waals surface area contributed by atoms with Crippen molar-refractivity contribution >= 4 is 17.3 Å². The monoisotopic (exact) mass is 355 g/mol. The summed E-state index contributed by atoms with van der Waals surface area (Å²) >= 11 is 0. The van der Waals surface area contributed by atoms with Gasteiger partial charge in [-0.1, -0.05) is 18.2 Å². The lowest BCUT2D eigenvalue weighted by Gasteiger charge is -2.15. The number of anilines is 2. The van der Waals surface area contributed by atoms with Crippen LogP contribution in [0.2, 0.25) is 0 Å². The van der Waals surface area contributed by atoms with Crippen molar-refractivity contribution in [3.63, 3.8) is 0 Å². The molecule has 0 aromatic heterocycles. The van der Waals surface area contributed by atoms with Crippen LogP contribution in [0.25, 0.3) is 0 Å². The molecule has 2 heterocycles. The number of amides is 1. The maximum atomic E-state index is 14.0. The molecule has 6 nitrogen and oxygen atoms in total.